The maximum Gasteiger partial charge on any atom is 0.336 e. The second-order valence-electron chi connectivity index (χ2n) is 9.98. The number of aromatic carboxylic acids is 1. The van der Waals surface area contributed by atoms with Crippen molar-refractivity contribution in [3.63, 3.8) is 0 Å². The Morgan fingerprint density at radius 3 is 2.45 bits per heavy atom. The van der Waals surface area contributed by atoms with Gasteiger partial charge in [0, 0.05) is 80.7 Å². The van der Waals surface area contributed by atoms with Gasteiger partial charge >= 0.3 is 5.97 Å². The maximum absolute atomic E-state index is 13.0. The van der Waals surface area contributed by atoms with E-state index in [1.165, 1.54) is 0 Å². The third-order valence-corrected chi connectivity index (χ3v) is 8.55. The fraction of sp³-hybridized carbons (Fsp3) is 0.118. The molecular formula is C34H27N3O4S. The molecule has 5 aromatic rings. The van der Waals surface area contributed by atoms with Crippen molar-refractivity contribution in [1.82, 2.24) is 4.98 Å². The smallest absolute Gasteiger partial charge is 0.336 e. The van der Waals surface area contributed by atoms with Crippen molar-refractivity contribution in [2.75, 3.05) is 34.8 Å². The molecule has 42 heavy (non-hydrogen) atoms. The highest BCUT2D eigenvalue weighted by molar-refractivity contribution is 7.85. The standard InChI is InChI=1S/C34H27N3O4S/c38-33(36-28-11-13-29(14-12-28)37-17-19-42(41)20-18-37)27-5-1-3-23(21-27)7-8-25-4-2-6-30(34(39)40)32(25)26-10-9-24-15-16-35-31(24)22-26/h1-6,9-16,21-22,35H,17-20H2,(H,36,38)(H,39,40). The number of carboxylic acid groups (broad SMARTS) is 1. The summed E-state index contributed by atoms with van der Waals surface area (Å²) in [4.78, 5) is 30.5. The van der Waals surface area contributed by atoms with Crippen molar-refractivity contribution in [1.29, 1.82) is 0 Å². The number of amides is 1. The van der Waals surface area contributed by atoms with Crippen LogP contribution in [0.25, 0.3) is 22.0 Å². The van der Waals surface area contributed by atoms with E-state index < -0.39 is 16.8 Å². The second kappa shape index (κ2) is 11.8. The average molecular weight is 574 g/mol. The van der Waals surface area contributed by atoms with Gasteiger partial charge in [-0.2, -0.15) is 0 Å². The summed E-state index contributed by atoms with van der Waals surface area (Å²) in [5, 5.41) is 13.9. The Bertz CT molecular complexity index is 1890. The molecule has 1 aliphatic rings. The number of carbonyl (C=O) groups excluding carboxylic acids is 1. The van der Waals surface area contributed by atoms with Gasteiger partial charge in [0.2, 0.25) is 0 Å². The topological polar surface area (TPSA) is 102 Å². The number of H-pyrrole nitrogens is 1. The minimum atomic E-state index is -1.03. The predicted octanol–water partition coefficient (Wildman–Crippen LogP) is 5.75. The van der Waals surface area contributed by atoms with Crippen LogP contribution in [0.1, 0.15) is 31.8 Å². The normalized spacial score (nSPS) is 13.4. The predicted molar refractivity (Wildman–Crippen MR) is 168 cm³/mol. The number of fused-ring (bicyclic) bond motifs is 1. The Kier molecular flexibility index (Phi) is 7.58. The summed E-state index contributed by atoms with van der Waals surface area (Å²) in [6, 6.07) is 27.5. The van der Waals surface area contributed by atoms with Gasteiger partial charge < -0.3 is 20.3 Å². The molecule has 0 radical (unpaired) electrons. The molecule has 0 bridgehead atoms. The molecule has 208 valence electrons. The van der Waals surface area contributed by atoms with E-state index >= 15 is 0 Å². The molecule has 1 aromatic heterocycles. The number of hydrogen-bond acceptors (Lipinski definition) is 4. The number of carboxylic acids is 1. The lowest BCUT2D eigenvalue weighted by atomic mass is 9.93. The quantitative estimate of drug-likeness (QED) is 0.232. The van der Waals surface area contributed by atoms with Crippen molar-refractivity contribution >= 4 is 45.0 Å². The summed E-state index contributed by atoms with van der Waals surface area (Å²) < 4.78 is 11.6. The monoisotopic (exact) mass is 573 g/mol. The van der Waals surface area contributed by atoms with Gasteiger partial charge in [0.1, 0.15) is 0 Å². The first kappa shape index (κ1) is 27.1. The lowest BCUT2D eigenvalue weighted by Crippen LogP contribution is -2.37. The van der Waals surface area contributed by atoms with Gasteiger partial charge in [0.15, 0.2) is 0 Å². The molecule has 1 fully saturated rings. The van der Waals surface area contributed by atoms with Crippen LogP contribution in [0.2, 0.25) is 0 Å². The highest BCUT2D eigenvalue weighted by Crippen LogP contribution is 2.30. The number of nitrogens with one attached hydrogen (secondary N) is 2. The number of aromatic amines is 1. The Balaban J connectivity index is 1.23. The minimum Gasteiger partial charge on any atom is -0.478 e. The zero-order valence-corrected chi connectivity index (χ0v) is 23.4. The highest BCUT2D eigenvalue weighted by atomic mass is 32.2. The zero-order chi connectivity index (χ0) is 29.1. The van der Waals surface area contributed by atoms with Crippen molar-refractivity contribution in [2.45, 2.75) is 0 Å². The fourth-order valence-corrected chi connectivity index (χ4v) is 6.13. The van der Waals surface area contributed by atoms with E-state index in [4.69, 9.17) is 0 Å². The fourth-order valence-electron chi connectivity index (χ4n) is 5.08. The average Bonchev–Trinajstić information content (AvgIpc) is 3.49. The summed E-state index contributed by atoms with van der Waals surface area (Å²) in [6.45, 7) is 1.52. The third kappa shape index (κ3) is 5.82. The van der Waals surface area contributed by atoms with E-state index in [1.807, 2.05) is 60.8 Å². The molecule has 1 amide bonds. The van der Waals surface area contributed by atoms with Gasteiger partial charge in [-0.1, -0.05) is 36.1 Å². The van der Waals surface area contributed by atoms with Crippen LogP contribution in [0.4, 0.5) is 11.4 Å². The minimum absolute atomic E-state index is 0.169. The second-order valence-corrected chi connectivity index (χ2v) is 11.7. The van der Waals surface area contributed by atoms with Gasteiger partial charge in [0.05, 0.1) is 5.56 Å². The molecular weight excluding hydrogens is 546 g/mol. The van der Waals surface area contributed by atoms with E-state index in [1.54, 1.807) is 36.4 Å². The lowest BCUT2D eigenvalue weighted by Gasteiger charge is -2.28. The molecule has 3 N–H and O–H groups in total. The van der Waals surface area contributed by atoms with Gasteiger partial charge in [-0.05, 0) is 77.7 Å². The summed E-state index contributed by atoms with van der Waals surface area (Å²) in [5.74, 6) is 6.32. The van der Waals surface area contributed by atoms with Crippen molar-refractivity contribution in [3.05, 3.63) is 119 Å². The molecule has 0 saturated carbocycles. The largest absolute Gasteiger partial charge is 0.478 e. The number of carbonyl (C=O) groups is 2. The molecule has 6 rings (SSSR count). The van der Waals surface area contributed by atoms with E-state index in [9.17, 15) is 18.9 Å². The molecule has 0 atom stereocenters. The lowest BCUT2D eigenvalue weighted by molar-refractivity contribution is 0.0697. The molecule has 0 aliphatic carbocycles. The van der Waals surface area contributed by atoms with Crippen molar-refractivity contribution in [2.24, 2.45) is 0 Å². The van der Waals surface area contributed by atoms with E-state index in [0.29, 0.717) is 39.4 Å². The van der Waals surface area contributed by atoms with Crippen LogP contribution in [0.5, 0.6) is 0 Å². The van der Waals surface area contributed by atoms with Crippen LogP contribution in [-0.4, -0.2) is 50.8 Å². The van der Waals surface area contributed by atoms with E-state index in [2.05, 4.69) is 27.0 Å². The number of rotatable bonds is 5. The molecule has 4 aromatic carbocycles. The summed E-state index contributed by atoms with van der Waals surface area (Å²) in [5.41, 5.74) is 5.76. The number of nitrogens with zero attached hydrogens (tertiary/aromatic N) is 1. The van der Waals surface area contributed by atoms with Crippen molar-refractivity contribution < 1.29 is 18.9 Å². The van der Waals surface area contributed by atoms with Crippen LogP contribution in [0, 0.1) is 11.8 Å². The van der Waals surface area contributed by atoms with Crippen LogP contribution >= 0.6 is 0 Å². The molecule has 2 heterocycles. The summed E-state index contributed by atoms with van der Waals surface area (Å²) in [7, 11) is -0.732. The van der Waals surface area contributed by atoms with Crippen LogP contribution in [0.15, 0.2) is 97.2 Å². The molecule has 1 saturated heterocycles. The molecule has 7 nitrogen and oxygen atoms in total. The maximum atomic E-state index is 13.0. The number of benzene rings is 4. The molecule has 0 spiro atoms. The Hall–Kier alpha value is -5.13. The summed E-state index contributed by atoms with van der Waals surface area (Å²) in [6.07, 6.45) is 1.84. The van der Waals surface area contributed by atoms with Crippen LogP contribution < -0.4 is 10.2 Å². The van der Waals surface area contributed by atoms with Gasteiger partial charge in [-0.15, -0.1) is 0 Å². The number of anilines is 2. The highest BCUT2D eigenvalue weighted by Gasteiger charge is 2.17. The Labute approximate surface area is 245 Å². The molecule has 8 heteroatoms. The number of hydrogen-bond donors (Lipinski definition) is 3. The van der Waals surface area contributed by atoms with Gasteiger partial charge in [0.25, 0.3) is 5.91 Å². The van der Waals surface area contributed by atoms with Gasteiger partial charge in [-0.3, -0.25) is 9.00 Å². The molecule has 1 aliphatic heterocycles. The first-order valence-corrected chi connectivity index (χ1v) is 15.0. The van der Waals surface area contributed by atoms with Crippen molar-refractivity contribution in [3.8, 4) is 23.0 Å². The van der Waals surface area contributed by atoms with E-state index in [-0.39, 0.29) is 11.5 Å². The first-order valence-electron chi connectivity index (χ1n) is 13.5. The summed E-state index contributed by atoms with van der Waals surface area (Å²) >= 11 is 0. The van der Waals surface area contributed by atoms with Gasteiger partial charge in [-0.25, -0.2) is 4.79 Å². The first-order chi connectivity index (χ1) is 20.4. The Morgan fingerprint density at radius 2 is 1.67 bits per heavy atom. The number of aromatic nitrogens is 1. The van der Waals surface area contributed by atoms with Crippen LogP contribution in [-0.2, 0) is 10.8 Å². The SMILES string of the molecule is O=C(Nc1ccc(N2CCS(=O)CC2)cc1)c1cccc(C#Cc2cccc(C(=O)O)c2-c2ccc3cc[nH]c3c2)c1. The van der Waals surface area contributed by atoms with Crippen LogP contribution in [0.3, 0.4) is 0 Å². The third-order valence-electron chi connectivity index (χ3n) is 7.27. The van der Waals surface area contributed by atoms with E-state index in [0.717, 1.165) is 35.2 Å². The molecule has 0 unspecified atom stereocenters. The zero-order valence-electron chi connectivity index (χ0n) is 22.6. The Morgan fingerprint density at radius 1 is 0.881 bits per heavy atom.